The summed E-state index contributed by atoms with van der Waals surface area (Å²) in [6.07, 6.45) is 0. The molecule has 1 N–H and O–H groups in total. The van der Waals surface area contributed by atoms with Gasteiger partial charge in [-0.3, -0.25) is 0 Å². The van der Waals surface area contributed by atoms with E-state index in [2.05, 4.69) is 10.6 Å². The second-order valence-electron chi connectivity index (χ2n) is 1.47. The summed E-state index contributed by atoms with van der Waals surface area (Å²) in [6, 6.07) is 0. The molecule has 9 heavy (non-hydrogen) atoms. The van der Waals surface area contributed by atoms with Gasteiger partial charge in [0.15, 0.2) is 0 Å². The molecular formula is C4H9Cl2N2Ni. The van der Waals surface area contributed by atoms with Gasteiger partial charge < -0.3 is 10.6 Å². The molecule has 1 aliphatic rings. The SMILES string of the molecule is C1CNCC[N-]1.[Cl][Ni+][Cl]. The molecule has 1 fully saturated rings. The van der Waals surface area contributed by atoms with Crippen molar-refractivity contribution in [2.24, 2.45) is 0 Å². The van der Waals surface area contributed by atoms with E-state index in [1.54, 1.807) is 0 Å². The zero-order valence-electron chi connectivity index (χ0n) is 4.85. The van der Waals surface area contributed by atoms with Crippen LogP contribution in [0.2, 0.25) is 0 Å². The van der Waals surface area contributed by atoms with Gasteiger partial charge in [-0.25, -0.2) is 0 Å². The molecule has 0 aromatic heterocycles. The van der Waals surface area contributed by atoms with Crippen molar-refractivity contribution in [3.05, 3.63) is 5.32 Å². The number of piperazine rings is 1. The molecule has 0 radical (unpaired) electrons. The van der Waals surface area contributed by atoms with Crippen LogP contribution in [0.25, 0.3) is 5.32 Å². The van der Waals surface area contributed by atoms with Crippen molar-refractivity contribution >= 4 is 20.4 Å². The molecule has 0 amide bonds. The van der Waals surface area contributed by atoms with E-state index < -0.39 is 0 Å². The number of rotatable bonds is 0. The van der Waals surface area contributed by atoms with E-state index in [0.717, 1.165) is 26.2 Å². The molecule has 1 heterocycles. The van der Waals surface area contributed by atoms with Crippen molar-refractivity contribution in [1.29, 1.82) is 0 Å². The van der Waals surface area contributed by atoms with E-state index in [1.807, 2.05) is 0 Å². The summed E-state index contributed by atoms with van der Waals surface area (Å²) in [5.74, 6) is 0. The minimum absolute atomic E-state index is 0.569. The topological polar surface area (TPSA) is 26.1 Å². The molecule has 2 nitrogen and oxygen atoms in total. The minimum atomic E-state index is 0.569. The Labute approximate surface area is 70.0 Å². The van der Waals surface area contributed by atoms with Crippen LogP contribution in [-0.4, -0.2) is 26.2 Å². The normalized spacial score (nSPS) is 18.4. The van der Waals surface area contributed by atoms with Gasteiger partial charge in [-0.2, -0.15) is 0 Å². The molecule has 59 valence electrons. The number of hydrogen-bond donors (Lipinski definition) is 1. The third kappa shape index (κ3) is 8.99. The van der Waals surface area contributed by atoms with Crippen LogP contribution in [0, 0.1) is 0 Å². The van der Waals surface area contributed by atoms with E-state index in [-0.39, 0.29) is 0 Å². The van der Waals surface area contributed by atoms with Gasteiger partial charge in [0, 0.05) is 0 Å². The monoisotopic (exact) mass is 213 g/mol. The third-order valence-electron chi connectivity index (χ3n) is 0.893. The van der Waals surface area contributed by atoms with Crippen molar-refractivity contribution in [3.8, 4) is 0 Å². The Morgan fingerprint density at radius 1 is 1.22 bits per heavy atom. The Hall–Kier alpha value is 0.994. The van der Waals surface area contributed by atoms with Gasteiger partial charge in [0.25, 0.3) is 0 Å². The molecule has 1 rings (SSSR count). The molecule has 0 aliphatic carbocycles. The standard InChI is InChI=1S/C4H9N2.2ClH.Ni/c1-2-6-4-3-5-1;;;/h5H,1-4H2;2*1H;/q-1;;;+3/p-2. The summed E-state index contributed by atoms with van der Waals surface area (Å²) < 4.78 is 0. The van der Waals surface area contributed by atoms with Crippen LogP contribution < -0.4 is 5.32 Å². The Morgan fingerprint density at radius 2 is 1.67 bits per heavy atom. The zero-order valence-corrected chi connectivity index (χ0v) is 7.35. The predicted molar refractivity (Wildman–Crippen MR) is 37.7 cm³/mol. The molecule has 0 atom stereocenters. The van der Waals surface area contributed by atoms with Crippen LogP contribution in [0.5, 0.6) is 0 Å². The molecule has 0 unspecified atom stereocenters. The molecule has 0 spiro atoms. The van der Waals surface area contributed by atoms with E-state index in [9.17, 15) is 0 Å². The zero-order chi connectivity index (χ0) is 6.95. The van der Waals surface area contributed by atoms with Crippen molar-refractivity contribution < 1.29 is 12.7 Å². The van der Waals surface area contributed by atoms with Crippen LogP contribution in [-0.2, 0) is 12.7 Å². The number of halogens is 2. The molecule has 0 aromatic rings. The quantitative estimate of drug-likeness (QED) is 0.606. The third-order valence-corrected chi connectivity index (χ3v) is 0.893. The first-order valence-corrected chi connectivity index (χ1v) is 5.30. The maximum absolute atomic E-state index is 4.70. The maximum atomic E-state index is 4.70. The van der Waals surface area contributed by atoms with Crippen LogP contribution in [0.1, 0.15) is 0 Å². The molecule has 0 saturated carbocycles. The van der Waals surface area contributed by atoms with Gasteiger partial charge >= 0.3 is 33.0 Å². The van der Waals surface area contributed by atoms with E-state index in [0.29, 0.717) is 12.7 Å². The Balaban J connectivity index is 0.000000187. The van der Waals surface area contributed by atoms with Crippen molar-refractivity contribution in [2.45, 2.75) is 0 Å². The van der Waals surface area contributed by atoms with E-state index in [4.69, 9.17) is 20.4 Å². The molecule has 1 aliphatic heterocycles. The van der Waals surface area contributed by atoms with Gasteiger partial charge in [-0.05, 0) is 13.1 Å². The second kappa shape index (κ2) is 8.99. The fraction of sp³-hybridized carbons (Fsp3) is 1.00. The number of hydrogen-bond acceptors (Lipinski definition) is 1. The fourth-order valence-electron chi connectivity index (χ4n) is 0.553. The van der Waals surface area contributed by atoms with Crippen molar-refractivity contribution in [2.75, 3.05) is 26.2 Å². The van der Waals surface area contributed by atoms with Gasteiger partial charge in [0.1, 0.15) is 0 Å². The van der Waals surface area contributed by atoms with E-state index in [1.165, 1.54) is 0 Å². The average molecular weight is 215 g/mol. The summed E-state index contributed by atoms with van der Waals surface area (Å²) in [5, 5.41) is 7.31. The van der Waals surface area contributed by atoms with Crippen LogP contribution in [0.15, 0.2) is 0 Å². The first-order chi connectivity index (χ1) is 4.41. The average Bonchev–Trinajstić information content (AvgIpc) is 1.93. The Kier molecular flexibility index (Phi) is 9.99. The van der Waals surface area contributed by atoms with Gasteiger partial charge in [0.05, 0.1) is 0 Å². The second-order valence-corrected chi connectivity index (χ2v) is 3.10. The number of nitrogens with zero attached hydrogens (tertiary/aromatic N) is 1. The van der Waals surface area contributed by atoms with Gasteiger partial charge in [0.2, 0.25) is 0 Å². The van der Waals surface area contributed by atoms with Crippen LogP contribution in [0.3, 0.4) is 0 Å². The first-order valence-electron chi connectivity index (χ1n) is 2.58. The molecule has 5 heteroatoms. The summed E-state index contributed by atoms with van der Waals surface area (Å²) in [5.41, 5.74) is 0. The van der Waals surface area contributed by atoms with Crippen LogP contribution >= 0.6 is 20.4 Å². The van der Waals surface area contributed by atoms with Gasteiger partial charge in [-0.15, -0.1) is 13.1 Å². The van der Waals surface area contributed by atoms with Crippen LogP contribution in [0.4, 0.5) is 0 Å². The predicted octanol–water partition coefficient (Wildman–Crippen LogP) is 1.34. The number of nitrogens with one attached hydrogen (secondary N) is 1. The Bertz CT molecular complexity index is 40.3. The molecule has 0 aromatic carbocycles. The van der Waals surface area contributed by atoms with Crippen molar-refractivity contribution in [3.63, 3.8) is 0 Å². The summed E-state index contributed by atoms with van der Waals surface area (Å²) >= 11 is 0.569. The Morgan fingerprint density at radius 3 is 1.78 bits per heavy atom. The summed E-state index contributed by atoms with van der Waals surface area (Å²) in [4.78, 5) is 0. The molecule has 1 saturated heterocycles. The summed E-state index contributed by atoms with van der Waals surface area (Å²) in [7, 11) is 9.40. The molecular weight excluding hydrogens is 206 g/mol. The van der Waals surface area contributed by atoms with E-state index >= 15 is 0 Å². The summed E-state index contributed by atoms with van der Waals surface area (Å²) in [6.45, 7) is 4.19. The first kappa shape index (κ1) is 9.99. The van der Waals surface area contributed by atoms with Gasteiger partial charge in [-0.1, -0.05) is 0 Å². The van der Waals surface area contributed by atoms with Crippen molar-refractivity contribution in [1.82, 2.24) is 5.32 Å². The fourth-order valence-corrected chi connectivity index (χ4v) is 0.553. The molecule has 0 bridgehead atoms.